The van der Waals surface area contributed by atoms with Crippen molar-refractivity contribution in [2.75, 3.05) is 25.1 Å². The molecule has 1 amide bonds. The second kappa shape index (κ2) is 9.45. The third-order valence-corrected chi connectivity index (χ3v) is 6.82. The molecular formula is C20H20N2O3S3. The van der Waals surface area contributed by atoms with Crippen molar-refractivity contribution < 1.29 is 14.3 Å². The van der Waals surface area contributed by atoms with E-state index in [0.29, 0.717) is 15.8 Å². The number of esters is 1. The van der Waals surface area contributed by atoms with Crippen molar-refractivity contribution in [3.05, 3.63) is 59.0 Å². The average Bonchev–Trinajstić information content (AvgIpc) is 3.18. The molecule has 1 aromatic rings. The Bertz CT molecular complexity index is 879. The van der Waals surface area contributed by atoms with Crippen LogP contribution in [0.5, 0.6) is 0 Å². The largest absolute Gasteiger partial charge is 0.463 e. The zero-order valence-electron chi connectivity index (χ0n) is 15.4. The third-order valence-electron chi connectivity index (χ3n) is 4.19. The van der Waals surface area contributed by atoms with Crippen LogP contribution in [0, 0.1) is 0 Å². The van der Waals surface area contributed by atoms with E-state index >= 15 is 0 Å². The summed E-state index contributed by atoms with van der Waals surface area (Å²) in [6.07, 6.45) is 6.63. The Hall–Kier alpha value is -2.03. The number of thioether (sulfide) groups is 2. The first-order valence-electron chi connectivity index (χ1n) is 8.76. The monoisotopic (exact) mass is 432 g/mol. The SMILES string of the molecule is C=CC(=O)OCCCCN1C(=CC=C2SC(=S)N(C)C2=O)Sc2ccccc21. The van der Waals surface area contributed by atoms with Gasteiger partial charge >= 0.3 is 5.97 Å². The summed E-state index contributed by atoms with van der Waals surface area (Å²) in [5.41, 5.74) is 1.15. The highest BCUT2D eigenvalue weighted by Crippen LogP contribution is 2.46. The molecule has 2 heterocycles. The van der Waals surface area contributed by atoms with Gasteiger partial charge in [-0.2, -0.15) is 0 Å². The number of thiocarbonyl (C=S) groups is 1. The maximum Gasteiger partial charge on any atom is 0.330 e. The van der Waals surface area contributed by atoms with Crippen LogP contribution in [0.25, 0.3) is 0 Å². The van der Waals surface area contributed by atoms with Crippen LogP contribution in [0.4, 0.5) is 5.69 Å². The third kappa shape index (κ3) is 4.68. The molecule has 28 heavy (non-hydrogen) atoms. The van der Waals surface area contributed by atoms with Crippen molar-refractivity contribution in [2.24, 2.45) is 0 Å². The van der Waals surface area contributed by atoms with Gasteiger partial charge in [0, 0.05) is 24.6 Å². The summed E-state index contributed by atoms with van der Waals surface area (Å²) in [6.45, 7) is 4.57. The number of benzene rings is 1. The molecular weight excluding hydrogens is 412 g/mol. The van der Waals surface area contributed by atoms with Gasteiger partial charge in [-0.1, -0.05) is 54.5 Å². The van der Waals surface area contributed by atoms with E-state index < -0.39 is 5.97 Å². The number of fused-ring (bicyclic) bond motifs is 1. The van der Waals surface area contributed by atoms with Crippen LogP contribution in [0.1, 0.15) is 12.8 Å². The minimum absolute atomic E-state index is 0.0667. The van der Waals surface area contributed by atoms with E-state index in [1.807, 2.05) is 24.3 Å². The van der Waals surface area contributed by atoms with Gasteiger partial charge in [-0.3, -0.25) is 9.69 Å². The van der Waals surface area contributed by atoms with E-state index in [1.54, 1.807) is 18.8 Å². The number of unbranched alkanes of at least 4 members (excludes halogenated alkanes) is 1. The van der Waals surface area contributed by atoms with Gasteiger partial charge in [-0.25, -0.2) is 4.79 Å². The molecule has 0 bridgehead atoms. The van der Waals surface area contributed by atoms with Crippen LogP contribution in [0.3, 0.4) is 0 Å². The van der Waals surface area contributed by atoms with Crippen molar-refractivity contribution in [3.63, 3.8) is 0 Å². The summed E-state index contributed by atoms with van der Waals surface area (Å²) in [5, 5.41) is 1.06. The first-order chi connectivity index (χ1) is 13.5. The first-order valence-corrected chi connectivity index (χ1v) is 10.8. The molecule has 0 radical (unpaired) electrons. The van der Waals surface area contributed by atoms with Gasteiger partial charge < -0.3 is 9.64 Å². The molecule has 3 rings (SSSR count). The summed E-state index contributed by atoms with van der Waals surface area (Å²) in [7, 11) is 1.69. The molecule has 0 aromatic heterocycles. The molecule has 0 unspecified atom stereocenters. The lowest BCUT2D eigenvalue weighted by molar-refractivity contribution is -0.137. The molecule has 1 aromatic carbocycles. The van der Waals surface area contributed by atoms with E-state index in [1.165, 1.54) is 27.6 Å². The van der Waals surface area contributed by atoms with Crippen LogP contribution >= 0.6 is 35.7 Å². The van der Waals surface area contributed by atoms with Crippen LogP contribution in [0.15, 0.2) is 63.9 Å². The van der Waals surface area contributed by atoms with Crippen molar-refractivity contribution in [1.29, 1.82) is 0 Å². The highest BCUT2D eigenvalue weighted by molar-refractivity contribution is 8.26. The van der Waals surface area contributed by atoms with E-state index in [0.717, 1.165) is 30.1 Å². The number of ether oxygens (including phenoxy) is 1. The molecule has 0 aliphatic carbocycles. The molecule has 1 fully saturated rings. The second-order valence-electron chi connectivity index (χ2n) is 6.07. The van der Waals surface area contributed by atoms with E-state index in [2.05, 4.69) is 23.6 Å². The minimum Gasteiger partial charge on any atom is -0.463 e. The van der Waals surface area contributed by atoms with Gasteiger partial charge in [0.2, 0.25) is 0 Å². The fourth-order valence-corrected chi connectivity index (χ4v) is 4.93. The number of likely N-dealkylation sites (N-methyl/N-ethyl adjacent to an activating group) is 1. The fraction of sp³-hybridized carbons (Fsp3) is 0.250. The number of allylic oxidation sites excluding steroid dienone is 2. The molecule has 0 N–H and O–H groups in total. The lowest BCUT2D eigenvalue weighted by atomic mass is 10.2. The molecule has 2 aliphatic rings. The fourth-order valence-electron chi connectivity index (χ4n) is 2.72. The zero-order chi connectivity index (χ0) is 20.1. The summed E-state index contributed by atoms with van der Waals surface area (Å²) >= 11 is 8.18. The first kappa shape index (κ1) is 20.7. The number of hydrogen-bond acceptors (Lipinski definition) is 7. The molecule has 0 atom stereocenters. The van der Waals surface area contributed by atoms with E-state index in [-0.39, 0.29) is 5.91 Å². The predicted molar refractivity (Wildman–Crippen MR) is 119 cm³/mol. The Balaban J connectivity index is 1.69. The Morgan fingerprint density at radius 1 is 1.25 bits per heavy atom. The second-order valence-corrected chi connectivity index (χ2v) is 8.81. The number of rotatable bonds is 7. The summed E-state index contributed by atoms with van der Waals surface area (Å²) in [6, 6.07) is 8.21. The zero-order valence-corrected chi connectivity index (χ0v) is 17.9. The van der Waals surface area contributed by atoms with Gasteiger partial charge in [0.1, 0.15) is 4.32 Å². The standard InChI is InChI=1S/C20H20N2O3S3/c1-3-18(23)25-13-7-6-12-22-14-8-4-5-9-15(14)27-17(22)11-10-16-19(24)21(2)20(26)28-16/h3-5,8-11H,1,6-7,12-13H2,2H3. The highest BCUT2D eigenvalue weighted by atomic mass is 32.2. The Morgan fingerprint density at radius 3 is 2.75 bits per heavy atom. The summed E-state index contributed by atoms with van der Waals surface area (Å²) in [5.74, 6) is -0.459. The van der Waals surface area contributed by atoms with Crippen molar-refractivity contribution in [2.45, 2.75) is 17.7 Å². The smallest absolute Gasteiger partial charge is 0.330 e. The molecule has 5 nitrogen and oxygen atoms in total. The van der Waals surface area contributed by atoms with Gasteiger partial charge in [0.25, 0.3) is 5.91 Å². The number of anilines is 1. The summed E-state index contributed by atoms with van der Waals surface area (Å²) < 4.78 is 5.61. The maximum atomic E-state index is 12.2. The number of amides is 1. The minimum atomic E-state index is -0.393. The topological polar surface area (TPSA) is 49.9 Å². The van der Waals surface area contributed by atoms with E-state index in [4.69, 9.17) is 17.0 Å². The molecule has 8 heteroatoms. The maximum absolute atomic E-state index is 12.2. The van der Waals surface area contributed by atoms with Crippen LogP contribution < -0.4 is 4.90 Å². The normalized spacial score (nSPS) is 18.9. The molecule has 0 spiro atoms. The Kier molecular flexibility index (Phi) is 6.98. The number of hydrogen-bond donors (Lipinski definition) is 0. The number of nitrogens with zero attached hydrogens (tertiary/aromatic N) is 2. The van der Waals surface area contributed by atoms with Gasteiger partial charge in [-0.15, -0.1) is 0 Å². The van der Waals surface area contributed by atoms with Gasteiger partial charge in [-0.05, 0) is 37.1 Å². The number of carbonyl (C=O) groups excluding carboxylic acids is 2. The molecule has 146 valence electrons. The highest BCUT2D eigenvalue weighted by Gasteiger charge is 2.29. The number of carbonyl (C=O) groups is 2. The van der Waals surface area contributed by atoms with Gasteiger partial charge in [0.15, 0.2) is 0 Å². The average molecular weight is 433 g/mol. The van der Waals surface area contributed by atoms with Gasteiger partial charge in [0.05, 0.1) is 22.2 Å². The van der Waals surface area contributed by atoms with Crippen LogP contribution in [-0.2, 0) is 14.3 Å². The quantitative estimate of drug-likeness (QED) is 0.275. The summed E-state index contributed by atoms with van der Waals surface area (Å²) in [4.78, 5) is 28.9. The Morgan fingerprint density at radius 2 is 2.04 bits per heavy atom. The number of para-hydroxylation sites is 1. The lowest BCUT2D eigenvalue weighted by Gasteiger charge is -2.20. The van der Waals surface area contributed by atoms with E-state index in [9.17, 15) is 9.59 Å². The van der Waals surface area contributed by atoms with Crippen LogP contribution in [-0.4, -0.2) is 41.3 Å². The lowest BCUT2D eigenvalue weighted by Crippen LogP contribution is -2.22. The van der Waals surface area contributed by atoms with Crippen LogP contribution in [0.2, 0.25) is 0 Å². The Labute approximate surface area is 178 Å². The molecule has 0 saturated carbocycles. The van der Waals surface area contributed by atoms with Crippen molar-refractivity contribution >= 4 is 57.6 Å². The molecule has 2 aliphatic heterocycles. The molecule has 1 saturated heterocycles. The predicted octanol–water partition coefficient (Wildman–Crippen LogP) is 4.32. The van der Waals surface area contributed by atoms with Crippen molar-refractivity contribution in [1.82, 2.24) is 4.90 Å². The van der Waals surface area contributed by atoms with Crippen molar-refractivity contribution in [3.8, 4) is 0 Å².